The van der Waals surface area contributed by atoms with Crippen LogP contribution in [0.15, 0.2) is 36.7 Å². The van der Waals surface area contributed by atoms with Crippen LogP contribution in [0.4, 0.5) is 11.6 Å². The van der Waals surface area contributed by atoms with Crippen LogP contribution in [-0.2, 0) is 23.1 Å². The number of anilines is 2. The fraction of sp³-hybridized carbons (Fsp3) is 0.385. The molecule has 2 aromatic heterocycles. The summed E-state index contributed by atoms with van der Waals surface area (Å²) in [6.07, 6.45) is 6.99. The van der Waals surface area contributed by atoms with E-state index in [9.17, 15) is 4.79 Å². The summed E-state index contributed by atoms with van der Waals surface area (Å²) in [6.45, 7) is 8.19. The van der Waals surface area contributed by atoms with Gasteiger partial charge in [0.2, 0.25) is 5.95 Å². The fourth-order valence-corrected chi connectivity index (χ4v) is 4.25. The monoisotopic (exact) mass is 430 g/mol. The third-order valence-corrected chi connectivity index (χ3v) is 6.35. The van der Waals surface area contributed by atoms with Crippen molar-refractivity contribution in [2.45, 2.75) is 58.8 Å². The number of hydrogen-bond acceptors (Lipinski definition) is 6. The number of rotatable bonds is 7. The number of Topliss-reactive ketones (excluding diaryl/α,β-unsaturated/α-hetero) is 1. The molecule has 0 saturated heterocycles. The largest absolute Gasteiger partial charge is 0.497 e. The molecule has 0 atom stereocenters. The lowest BCUT2D eigenvalue weighted by Gasteiger charge is -2.19. The highest BCUT2D eigenvalue weighted by atomic mass is 16.5. The van der Waals surface area contributed by atoms with Gasteiger partial charge in [-0.25, -0.2) is 9.97 Å². The topological polar surface area (TPSA) is 77.0 Å². The summed E-state index contributed by atoms with van der Waals surface area (Å²) in [4.78, 5) is 25.4. The lowest BCUT2D eigenvalue weighted by molar-refractivity contribution is -0.116. The second-order valence-electron chi connectivity index (χ2n) is 9.15. The summed E-state index contributed by atoms with van der Waals surface area (Å²) in [5, 5.41) is 3.35. The van der Waals surface area contributed by atoms with E-state index in [2.05, 4.69) is 30.2 Å². The molecule has 1 aliphatic rings. The van der Waals surface area contributed by atoms with Crippen LogP contribution in [-0.4, -0.2) is 27.8 Å². The number of benzene rings is 1. The van der Waals surface area contributed by atoms with Gasteiger partial charge in [-0.1, -0.05) is 13.8 Å². The molecule has 3 aromatic rings. The standard InChI is InChI=1S/C26H30N4O2/c1-16(31)6-7-18-12-20(32-5)14-24(17(18)2)30-25-27-11-9-22(29-25)19-13-21-23(28-15-19)8-10-26(21,3)4/h9,11-15H,6-8,10H2,1-5H3,(H,27,29,30). The number of ether oxygens (including phenoxy) is 1. The molecule has 166 valence electrons. The van der Waals surface area contributed by atoms with Crippen LogP contribution in [0.5, 0.6) is 5.75 Å². The number of ketones is 1. The van der Waals surface area contributed by atoms with Gasteiger partial charge in [0.1, 0.15) is 11.5 Å². The molecule has 1 N–H and O–H groups in total. The van der Waals surface area contributed by atoms with Gasteiger partial charge in [0.05, 0.1) is 12.8 Å². The van der Waals surface area contributed by atoms with Gasteiger partial charge in [0.25, 0.3) is 0 Å². The van der Waals surface area contributed by atoms with E-state index in [0.29, 0.717) is 18.8 Å². The van der Waals surface area contributed by atoms with Gasteiger partial charge in [0.15, 0.2) is 0 Å². The van der Waals surface area contributed by atoms with E-state index in [-0.39, 0.29) is 11.2 Å². The molecule has 0 bridgehead atoms. The molecule has 0 aliphatic heterocycles. The van der Waals surface area contributed by atoms with Crippen molar-refractivity contribution < 1.29 is 9.53 Å². The van der Waals surface area contributed by atoms with Gasteiger partial charge in [-0.3, -0.25) is 4.98 Å². The normalized spacial score (nSPS) is 14.2. The van der Waals surface area contributed by atoms with Crippen LogP contribution < -0.4 is 10.1 Å². The van der Waals surface area contributed by atoms with Crippen molar-refractivity contribution in [1.82, 2.24) is 15.0 Å². The van der Waals surface area contributed by atoms with E-state index in [1.165, 1.54) is 11.3 Å². The van der Waals surface area contributed by atoms with E-state index in [0.717, 1.165) is 46.7 Å². The van der Waals surface area contributed by atoms with Gasteiger partial charge in [-0.2, -0.15) is 0 Å². The second-order valence-corrected chi connectivity index (χ2v) is 9.15. The number of methoxy groups -OCH3 is 1. The highest BCUT2D eigenvalue weighted by Gasteiger charge is 2.31. The molecule has 0 fully saturated rings. The first-order chi connectivity index (χ1) is 15.3. The van der Waals surface area contributed by atoms with Gasteiger partial charge >= 0.3 is 0 Å². The quantitative estimate of drug-likeness (QED) is 0.545. The molecule has 0 unspecified atom stereocenters. The lowest BCUT2D eigenvalue weighted by atomic mass is 9.86. The molecule has 0 amide bonds. The second kappa shape index (κ2) is 8.69. The van der Waals surface area contributed by atoms with Crippen LogP contribution in [0.25, 0.3) is 11.3 Å². The summed E-state index contributed by atoms with van der Waals surface area (Å²) in [5.41, 5.74) is 7.46. The fourth-order valence-electron chi connectivity index (χ4n) is 4.25. The maximum atomic E-state index is 11.5. The van der Waals surface area contributed by atoms with Crippen LogP contribution in [0.1, 0.15) is 56.0 Å². The first kappa shape index (κ1) is 21.9. The molecule has 0 radical (unpaired) electrons. The number of carbonyl (C=O) groups is 1. The maximum Gasteiger partial charge on any atom is 0.227 e. The highest BCUT2D eigenvalue weighted by molar-refractivity contribution is 5.76. The first-order valence-electron chi connectivity index (χ1n) is 11.0. The lowest BCUT2D eigenvalue weighted by Crippen LogP contribution is -2.12. The molecule has 4 rings (SSSR count). The third kappa shape index (κ3) is 4.49. The van der Waals surface area contributed by atoms with Crippen molar-refractivity contribution in [3.8, 4) is 17.0 Å². The number of aromatic nitrogens is 3. The molecule has 0 spiro atoms. The van der Waals surface area contributed by atoms with Crippen molar-refractivity contribution in [3.05, 3.63) is 59.0 Å². The summed E-state index contributed by atoms with van der Waals surface area (Å²) < 4.78 is 5.48. The Labute approximate surface area is 189 Å². The smallest absolute Gasteiger partial charge is 0.227 e. The van der Waals surface area contributed by atoms with Gasteiger partial charge < -0.3 is 14.8 Å². The minimum Gasteiger partial charge on any atom is -0.497 e. The Bertz CT molecular complexity index is 1170. The van der Waals surface area contributed by atoms with Crippen molar-refractivity contribution in [3.63, 3.8) is 0 Å². The molecule has 1 aliphatic carbocycles. The van der Waals surface area contributed by atoms with Crippen LogP contribution >= 0.6 is 0 Å². The first-order valence-corrected chi connectivity index (χ1v) is 11.0. The van der Waals surface area contributed by atoms with Crippen molar-refractivity contribution in [2.75, 3.05) is 12.4 Å². The Morgan fingerprint density at radius 2 is 2.03 bits per heavy atom. The predicted molar refractivity (Wildman–Crippen MR) is 127 cm³/mol. The highest BCUT2D eigenvalue weighted by Crippen LogP contribution is 2.39. The zero-order valence-corrected chi connectivity index (χ0v) is 19.5. The Hall–Kier alpha value is -3.28. The van der Waals surface area contributed by atoms with Crippen LogP contribution in [0.2, 0.25) is 0 Å². The van der Waals surface area contributed by atoms with E-state index < -0.39 is 0 Å². The summed E-state index contributed by atoms with van der Waals surface area (Å²) >= 11 is 0. The SMILES string of the molecule is COc1cc(CCC(C)=O)c(C)c(Nc2nccc(-c3cnc4c(c3)C(C)(C)CC4)n2)c1. The number of carbonyl (C=O) groups excluding carboxylic acids is 1. The third-order valence-electron chi connectivity index (χ3n) is 6.35. The average Bonchev–Trinajstić information content (AvgIpc) is 3.08. The number of aryl methyl sites for hydroxylation is 2. The van der Waals surface area contributed by atoms with E-state index in [1.807, 2.05) is 31.3 Å². The van der Waals surface area contributed by atoms with Gasteiger partial charge in [-0.15, -0.1) is 0 Å². The summed E-state index contributed by atoms with van der Waals surface area (Å²) in [5.74, 6) is 1.41. The molecule has 2 heterocycles. The molecule has 6 nitrogen and oxygen atoms in total. The van der Waals surface area contributed by atoms with Crippen molar-refractivity contribution >= 4 is 17.4 Å². The zero-order valence-electron chi connectivity index (χ0n) is 19.5. The number of fused-ring (bicyclic) bond motifs is 1. The molecule has 32 heavy (non-hydrogen) atoms. The van der Waals surface area contributed by atoms with Crippen LogP contribution in [0, 0.1) is 6.92 Å². The van der Waals surface area contributed by atoms with Gasteiger partial charge in [0, 0.05) is 41.8 Å². The molecule has 1 aromatic carbocycles. The van der Waals surface area contributed by atoms with E-state index in [1.54, 1.807) is 20.2 Å². The van der Waals surface area contributed by atoms with Crippen molar-refractivity contribution in [1.29, 1.82) is 0 Å². The van der Waals surface area contributed by atoms with Crippen LogP contribution in [0.3, 0.4) is 0 Å². The number of nitrogens with zero attached hydrogens (tertiary/aromatic N) is 3. The number of hydrogen-bond donors (Lipinski definition) is 1. The Balaban J connectivity index is 1.64. The Morgan fingerprint density at radius 1 is 1.22 bits per heavy atom. The number of nitrogens with one attached hydrogen (secondary N) is 1. The predicted octanol–water partition coefficient (Wildman–Crippen LogP) is 5.34. The van der Waals surface area contributed by atoms with Gasteiger partial charge in [-0.05, 0) is 73.4 Å². The van der Waals surface area contributed by atoms with E-state index in [4.69, 9.17) is 14.7 Å². The Morgan fingerprint density at radius 3 is 2.78 bits per heavy atom. The minimum atomic E-state index is 0.139. The molecule has 6 heteroatoms. The summed E-state index contributed by atoms with van der Waals surface area (Å²) in [6, 6.07) is 8.05. The number of pyridine rings is 1. The molecule has 0 saturated carbocycles. The minimum absolute atomic E-state index is 0.139. The Kier molecular flexibility index (Phi) is 5.96. The van der Waals surface area contributed by atoms with Crippen molar-refractivity contribution in [2.24, 2.45) is 0 Å². The molecular formula is C26H30N4O2. The average molecular weight is 431 g/mol. The zero-order chi connectivity index (χ0) is 22.9. The van der Waals surface area contributed by atoms with E-state index >= 15 is 0 Å². The summed E-state index contributed by atoms with van der Waals surface area (Å²) in [7, 11) is 1.64. The molecular weight excluding hydrogens is 400 g/mol. The maximum absolute atomic E-state index is 11.5.